The largest absolute Gasteiger partial charge is 0.378 e. The fourth-order valence-corrected chi connectivity index (χ4v) is 7.00. The van der Waals surface area contributed by atoms with Gasteiger partial charge in [0.1, 0.15) is 0 Å². The van der Waals surface area contributed by atoms with Gasteiger partial charge in [-0.05, 0) is 62.3 Å². The first-order valence-corrected chi connectivity index (χ1v) is 19.4. The average Bonchev–Trinajstić information content (AvgIpc) is 3.73. The molecule has 6 fully saturated rings. The van der Waals surface area contributed by atoms with E-state index in [1.165, 1.54) is 53.4 Å². The number of ether oxygens (including phenoxy) is 3. The fraction of sp³-hybridized carbons (Fsp3) is 0.714. The molecule has 1 aliphatic carbocycles. The molecule has 5 saturated heterocycles. The first-order valence-electron chi connectivity index (χ1n) is 16.2. The number of rotatable bonds is 3. The number of hydrogen-bond acceptors (Lipinski definition) is 13. The van der Waals surface area contributed by atoms with Crippen molar-refractivity contribution in [2.24, 2.45) is 15.3 Å². The zero-order valence-corrected chi connectivity index (χ0v) is 31.7. The van der Waals surface area contributed by atoms with Crippen LogP contribution in [-0.2, 0) is 23.8 Å². The van der Waals surface area contributed by atoms with Gasteiger partial charge >= 0.3 is 0 Å². The van der Waals surface area contributed by atoms with Crippen LogP contribution in [0.1, 0.15) is 32.1 Å². The third kappa shape index (κ3) is 14.0. The highest BCUT2D eigenvalue weighted by Crippen LogP contribution is 2.17. The third-order valence-corrected chi connectivity index (χ3v) is 10.6. The summed E-state index contributed by atoms with van der Waals surface area (Å²) in [6.07, 6.45) is 6.13. The van der Waals surface area contributed by atoms with E-state index in [0.29, 0.717) is 58.5 Å². The predicted octanol–water partition coefficient (Wildman–Crippen LogP) is 0.510. The average molecular weight is 776 g/mol. The van der Waals surface area contributed by atoms with Gasteiger partial charge in [0.25, 0.3) is 0 Å². The highest BCUT2D eigenvalue weighted by Gasteiger charge is 2.25. The van der Waals surface area contributed by atoms with Crippen LogP contribution in [-0.4, -0.2) is 160 Å². The minimum absolute atomic E-state index is 0.0251. The number of carbonyl (C=O) groups excluding carboxylic acids is 2. The molecule has 21 heteroatoms. The maximum atomic E-state index is 11.3. The van der Waals surface area contributed by atoms with Crippen LogP contribution in [0, 0.1) is 0 Å². The molecule has 5 aliphatic heterocycles. The lowest BCUT2D eigenvalue weighted by Crippen LogP contribution is -2.45. The number of thiocarbonyl (C=S) groups is 3. The quantitative estimate of drug-likeness (QED) is 0.232. The number of amidine groups is 2. The van der Waals surface area contributed by atoms with Gasteiger partial charge in [0.05, 0.1) is 51.1 Å². The van der Waals surface area contributed by atoms with Crippen molar-refractivity contribution in [2.75, 3.05) is 97.5 Å². The number of hydrogen-bond donors (Lipinski definition) is 4. The predicted molar refractivity (Wildman–Crippen MR) is 206 cm³/mol. The summed E-state index contributed by atoms with van der Waals surface area (Å²) >= 11 is 18.5. The lowest BCUT2D eigenvalue weighted by molar-refractivity contribution is -0.123. The third-order valence-electron chi connectivity index (χ3n) is 7.71. The summed E-state index contributed by atoms with van der Waals surface area (Å²) in [5.74, 6) is 0.905. The van der Waals surface area contributed by atoms with Crippen molar-refractivity contribution in [3.05, 3.63) is 0 Å². The topological polar surface area (TPSA) is 160 Å². The van der Waals surface area contributed by atoms with Crippen molar-refractivity contribution in [2.45, 2.75) is 32.1 Å². The summed E-state index contributed by atoms with van der Waals surface area (Å²) < 4.78 is 15.7. The highest BCUT2D eigenvalue weighted by molar-refractivity contribution is 8.15. The van der Waals surface area contributed by atoms with Gasteiger partial charge in [0.15, 0.2) is 25.7 Å². The molecule has 4 N–H and O–H groups in total. The lowest BCUT2D eigenvalue weighted by Gasteiger charge is -2.28. The Bertz CT molecular complexity index is 1250. The van der Waals surface area contributed by atoms with E-state index in [0.717, 1.165) is 70.4 Å². The maximum absolute atomic E-state index is 11.3. The SMILES string of the molecule is CN1C(=O)CS/C1=N/NC(=S)N1CCOCC1.O=C1CS/C(=N/NC(=S)N2CCOCC2)N1.S=C(NN=C1CCCCC1)N1CCOCC1. The molecule has 0 atom stereocenters. The van der Waals surface area contributed by atoms with Crippen LogP contribution in [0.2, 0.25) is 0 Å². The number of thioether (sulfide) groups is 2. The molecule has 0 aromatic carbocycles. The van der Waals surface area contributed by atoms with Crippen molar-refractivity contribution in [3.63, 3.8) is 0 Å². The van der Waals surface area contributed by atoms with Crippen LogP contribution in [0.25, 0.3) is 0 Å². The zero-order chi connectivity index (χ0) is 34.8. The van der Waals surface area contributed by atoms with Gasteiger partial charge in [-0.2, -0.15) is 5.10 Å². The molecule has 0 spiro atoms. The molecule has 0 aromatic heterocycles. The Morgan fingerprint density at radius 1 is 0.673 bits per heavy atom. The molecule has 0 unspecified atom stereocenters. The second kappa shape index (κ2) is 21.7. The normalized spacial score (nSPS) is 22.8. The summed E-state index contributed by atoms with van der Waals surface area (Å²) in [6, 6.07) is 0. The van der Waals surface area contributed by atoms with E-state index in [-0.39, 0.29) is 11.8 Å². The van der Waals surface area contributed by atoms with Crippen molar-refractivity contribution in [3.8, 4) is 0 Å². The standard InChI is InChI=1S/C11H19N3OS.C9H14N4O2S2.C8H12N4O2S2/c16-11(14-6-8-15-9-7-14)13-12-10-4-2-1-3-5-10;1-12-7(14)6-17-9(12)11-10-8(16)13-2-4-15-5-3-13;13-6-5-16-7(9-6)10-11-8(15)12-1-3-14-4-2-12/h1-9H2,(H,13,16);2-6H2,1H3,(H,10,16);1-5H2,(H,11,15)(H,9,10,13)/b;11-9+;. The second-order valence-electron chi connectivity index (χ2n) is 11.2. The van der Waals surface area contributed by atoms with E-state index < -0.39 is 0 Å². The molecular formula is C28H45N11O5S5. The van der Waals surface area contributed by atoms with E-state index >= 15 is 0 Å². The van der Waals surface area contributed by atoms with Gasteiger partial charge in [0, 0.05) is 52.0 Å². The number of amides is 2. The molecule has 16 nitrogen and oxygen atoms in total. The van der Waals surface area contributed by atoms with Gasteiger partial charge in [-0.3, -0.25) is 30.8 Å². The summed E-state index contributed by atoms with van der Waals surface area (Å²) in [7, 11) is 1.71. The van der Waals surface area contributed by atoms with Crippen LogP contribution >= 0.6 is 60.2 Å². The molecule has 2 amide bonds. The summed E-state index contributed by atoms with van der Waals surface area (Å²) in [5, 5.41) is 18.3. The van der Waals surface area contributed by atoms with E-state index in [1.54, 1.807) is 7.05 Å². The number of carbonyl (C=O) groups is 2. The van der Waals surface area contributed by atoms with Crippen LogP contribution in [0.5, 0.6) is 0 Å². The highest BCUT2D eigenvalue weighted by atomic mass is 32.2. The molecule has 6 rings (SSSR count). The van der Waals surface area contributed by atoms with Crippen molar-refractivity contribution >= 4 is 103 Å². The molecule has 272 valence electrons. The number of nitrogens with one attached hydrogen (secondary N) is 4. The van der Waals surface area contributed by atoms with E-state index in [2.05, 4.69) is 41.8 Å². The number of nitrogens with zero attached hydrogens (tertiary/aromatic N) is 7. The van der Waals surface area contributed by atoms with E-state index in [1.807, 2.05) is 9.80 Å². The second-order valence-corrected chi connectivity index (χ2v) is 14.2. The molecule has 5 heterocycles. The molecule has 1 saturated carbocycles. The van der Waals surface area contributed by atoms with Gasteiger partial charge < -0.3 is 34.2 Å². The number of hydrazone groups is 3. The van der Waals surface area contributed by atoms with Crippen LogP contribution < -0.4 is 21.6 Å². The maximum Gasteiger partial charge on any atom is 0.238 e. The molecule has 49 heavy (non-hydrogen) atoms. The van der Waals surface area contributed by atoms with Crippen molar-refractivity contribution in [1.82, 2.24) is 41.2 Å². The van der Waals surface area contributed by atoms with Gasteiger partial charge in [0.2, 0.25) is 11.8 Å². The Kier molecular flexibility index (Phi) is 17.5. The Balaban J connectivity index is 0.000000166. The Labute approximate surface area is 311 Å². The first kappa shape index (κ1) is 39.4. The zero-order valence-electron chi connectivity index (χ0n) is 27.6. The fourth-order valence-electron chi connectivity index (χ4n) is 4.82. The Morgan fingerprint density at radius 2 is 1.14 bits per heavy atom. The van der Waals surface area contributed by atoms with E-state index in [4.69, 9.17) is 50.9 Å². The Hall–Kier alpha value is -2.40. The summed E-state index contributed by atoms with van der Waals surface area (Å²) in [5.41, 5.74) is 9.87. The molecule has 0 bridgehead atoms. The Morgan fingerprint density at radius 3 is 1.57 bits per heavy atom. The lowest BCUT2D eigenvalue weighted by atomic mass is 9.99. The number of morpholine rings is 3. The van der Waals surface area contributed by atoms with Crippen molar-refractivity contribution in [1.29, 1.82) is 0 Å². The van der Waals surface area contributed by atoms with E-state index in [9.17, 15) is 9.59 Å². The summed E-state index contributed by atoms with van der Waals surface area (Å²) in [4.78, 5) is 29.8. The monoisotopic (exact) mass is 775 g/mol. The van der Waals surface area contributed by atoms with Crippen LogP contribution in [0.15, 0.2) is 15.3 Å². The minimum atomic E-state index is -0.0251. The first-order chi connectivity index (χ1) is 23.8. The molecule has 0 radical (unpaired) electrons. The molecule has 0 aromatic rings. The van der Waals surface area contributed by atoms with Crippen molar-refractivity contribution < 1.29 is 23.8 Å². The smallest absolute Gasteiger partial charge is 0.238 e. The minimum Gasteiger partial charge on any atom is -0.378 e. The summed E-state index contributed by atoms with van der Waals surface area (Å²) in [6.45, 7) is 9.11. The van der Waals surface area contributed by atoms with Crippen LogP contribution in [0.4, 0.5) is 0 Å². The van der Waals surface area contributed by atoms with Gasteiger partial charge in [-0.25, -0.2) is 0 Å². The van der Waals surface area contributed by atoms with Gasteiger partial charge in [-0.15, -0.1) is 10.2 Å². The molecular weight excluding hydrogens is 731 g/mol. The van der Waals surface area contributed by atoms with Gasteiger partial charge in [-0.1, -0.05) is 29.9 Å². The molecule has 6 aliphatic rings. The van der Waals surface area contributed by atoms with Crippen LogP contribution in [0.3, 0.4) is 0 Å².